The van der Waals surface area contributed by atoms with Gasteiger partial charge in [-0.25, -0.2) is 9.97 Å². The second-order valence-electron chi connectivity index (χ2n) is 4.43. The number of nitrogens with zero attached hydrogens (tertiary/aromatic N) is 3. The molecule has 0 saturated carbocycles. The van der Waals surface area contributed by atoms with Gasteiger partial charge in [-0.2, -0.15) is 0 Å². The molecule has 4 nitrogen and oxygen atoms in total. The minimum atomic E-state index is 0.836. The van der Waals surface area contributed by atoms with E-state index in [1.165, 1.54) is 10.7 Å². The van der Waals surface area contributed by atoms with Crippen LogP contribution in [0.25, 0.3) is 5.65 Å². The first-order chi connectivity index (χ1) is 9.34. The van der Waals surface area contributed by atoms with Crippen LogP contribution >= 0.6 is 11.3 Å². The van der Waals surface area contributed by atoms with Gasteiger partial charge in [-0.3, -0.25) is 0 Å². The molecular weight excluding hydrogens is 256 g/mol. The van der Waals surface area contributed by atoms with Gasteiger partial charge in [0.05, 0.1) is 16.4 Å². The van der Waals surface area contributed by atoms with E-state index < -0.39 is 0 Å². The number of thiazole rings is 1. The molecule has 0 unspecified atom stereocenters. The topological polar surface area (TPSA) is 42.2 Å². The molecule has 0 radical (unpaired) electrons. The molecule has 0 aromatic carbocycles. The van der Waals surface area contributed by atoms with Crippen molar-refractivity contribution in [3.05, 3.63) is 52.4 Å². The van der Waals surface area contributed by atoms with Gasteiger partial charge >= 0.3 is 0 Å². The van der Waals surface area contributed by atoms with Gasteiger partial charge in [-0.15, -0.1) is 11.3 Å². The molecule has 0 amide bonds. The van der Waals surface area contributed by atoms with Crippen LogP contribution in [0.3, 0.4) is 0 Å². The van der Waals surface area contributed by atoms with Gasteiger partial charge in [0.25, 0.3) is 0 Å². The summed E-state index contributed by atoms with van der Waals surface area (Å²) in [4.78, 5) is 8.83. The Hall–Kier alpha value is -1.72. The van der Waals surface area contributed by atoms with Crippen LogP contribution in [-0.4, -0.2) is 20.9 Å². The molecular formula is C14H16N4S. The average molecular weight is 272 g/mol. The second kappa shape index (κ2) is 5.50. The number of nitrogens with one attached hydrogen (secondary N) is 1. The first-order valence-corrected chi connectivity index (χ1v) is 7.24. The number of rotatable bonds is 5. The maximum Gasteiger partial charge on any atom is 0.137 e. The highest BCUT2D eigenvalue weighted by molar-refractivity contribution is 7.09. The van der Waals surface area contributed by atoms with E-state index in [4.69, 9.17) is 0 Å². The van der Waals surface area contributed by atoms with Crippen LogP contribution in [0.2, 0.25) is 0 Å². The fourth-order valence-corrected chi connectivity index (χ4v) is 2.78. The fraction of sp³-hybridized carbons (Fsp3) is 0.286. The third-order valence-corrected chi connectivity index (χ3v) is 3.96. The van der Waals surface area contributed by atoms with Crippen LogP contribution in [0.5, 0.6) is 0 Å². The minimum Gasteiger partial charge on any atom is -0.311 e. The van der Waals surface area contributed by atoms with E-state index >= 15 is 0 Å². The molecule has 3 aromatic heterocycles. The lowest BCUT2D eigenvalue weighted by molar-refractivity contribution is 0.666. The fourth-order valence-electron chi connectivity index (χ4n) is 2.16. The third kappa shape index (κ3) is 2.67. The molecule has 0 bridgehead atoms. The molecule has 3 heterocycles. The van der Waals surface area contributed by atoms with E-state index in [0.717, 1.165) is 30.9 Å². The van der Waals surface area contributed by atoms with Crippen LogP contribution < -0.4 is 5.32 Å². The molecule has 0 aliphatic heterocycles. The Bertz CT molecular complexity index is 657. The molecule has 5 heteroatoms. The zero-order valence-electron chi connectivity index (χ0n) is 10.8. The van der Waals surface area contributed by atoms with E-state index in [9.17, 15) is 0 Å². The van der Waals surface area contributed by atoms with Crippen molar-refractivity contribution >= 4 is 17.0 Å². The summed E-state index contributed by atoms with van der Waals surface area (Å²) in [6.45, 7) is 3.83. The van der Waals surface area contributed by atoms with Crippen molar-refractivity contribution in [3.8, 4) is 0 Å². The van der Waals surface area contributed by atoms with Gasteiger partial charge < -0.3 is 9.72 Å². The highest BCUT2D eigenvalue weighted by Gasteiger charge is 2.07. The van der Waals surface area contributed by atoms with Crippen molar-refractivity contribution < 1.29 is 0 Å². The number of imidazole rings is 1. The van der Waals surface area contributed by atoms with Gasteiger partial charge in [0.15, 0.2) is 0 Å². The molecule has 0 atom stereocenters. The predicted octanol–water partition coefficient (Wildman–Crippen LogP) is 2.43. The molecule has 0 fully saturated rings. The number of hydrogen-bond donors (Lipinski definition) is 1. The molecule has 0 aliphatic carbocycles. The number of aromatic nitrogens is 3. The lowest BCUT2D eigenvalue weighted by Crippen LogP contribution is -2.18. The van der Waals surface area contributed by atoms with Gasteiger partial charge in [-0.05, 0) is 19.1 Å². The summed E-state index contributed by atoms with van der Waals surface area (Å²) in [6, 6.07) is 6.08. The van der Waals surface area contributed by atoms with Crippen LogP contribution in [-0.2, 0) is 13.0 Å². The molecule has 1 N–H and O–H groups in total. The average Bonchev–Trinajstić information content (AvgIpc) is 3.02. The summed E-state index contributed by atoms with van der Waals surface area (Å²) in [6.07, 6.45) is 4.90. The first-order valence-electron chi connectivity index (χ1n) is 6.36. The Morgan fingerprint density at radius 1 is 1.37 bits per heavy atom. The van der Waals surface area contributed by atoms with Crippen molar-refractivity contribution in [2.75, 3.05) is 6.54 Å². The molecule has 0 spiro atoms. The van der Waals surface area contributed by atoms with E-state index in [-0.39, 0.29) is 0 Å². The summed E-state index contributed by atoms with van der Waals surface area (Å²) in [7, 11) is 0. The smallest absolute Gasteiger partial charge is 0.137 e. The highest BCUT2D eigenvalue weighted by Crippen LogP contribution is 2.11. The van der Waals surface area contributed by atoms with E-state index in [2.05, 4.69) is 32.8 Å². The normalized spacial score (nSPS) is 11.2. The lowest BCUT2D eigenvalue weighted by atomic mass is 10.3. The summed E-state index contributed by atoms with van der Waals surface area (Å²) < 4.78 is 2.14. The number of aryl methyl sites for hydroxylation is 1. The van der Waals surface area contributed by atoms with Crippen molar-refractivity contribution in [3.63, 3.8) is 0 Å². The standard InChI is InChI=1S/C14H16N4S/c1-11-12(18-8-3-2-4-13(18)17-11)10-15-6-5-14-16-7-9-19-14/h2-4,7-9,15H,5-6,10H2,1H3. The molecule has 19 heavy (non-hydrogen) atoms. The van der Waals surface area contributed by atoms with Gasteiger partial charge in [0.2, 0.25) is 0 Å². The zero-order valence-corrected chi connectivity index (χ0v) is 11.7. The zero-order chi connectivity index (χ0) is 13.1. The Morgan fingerprint density at radius 3 is 3.16 bits per heavy atom. The summed E-state index contributed by atoms with van der Waals surface area (Å²) in [5.41, 5.74) is 3.33. The largest absolute Gasteiger partial charge is 0.311 e. The minimum absolute atomic E-state index is 0.836. The molecule has 98 valence electrons. The summed E-state index contributed by atoms with van der Waals surface area (Å²) in [5, 5.41) is 6.67. The van der Waals surface area contributed by atoms with Crippen molar-refractivity contribution in [1.29, 1.82) is 0 Å². The van der Waals surface area contributed by atoms with E-state index in [1.54, 1.807) is 11.3 Å². The van der Waals surface area contributed by atoms with E-state index in [0.29, 0.717) is 0 Å². The Balaban J connectivity index is 1.63. The SMILES string of the molecule is Cc1nc2ccccn2c1CNCCc1nccs1. The maximum atomic E-state index is 4.55. The summed E-state index contributed by atoms with van der Waals surface area (Å²) in [5.74, 6) is 0. The third-order valence-electron chi connectivity index (χ3n) is 3.12. The molecule has 3 rings (SSSR count). The van der Waals surface area contributed by atoms with Crippen LogP contribution in [0, 0.1) is 6.92 Å². The first kappa shape index (κ1) is 12.3. The van der Waals surface area contributed by atoms with Crippen molar-refractivity contribution in [2.24, 2.45) is 0 Å². The van der Waals surface area contributed by atoms with Crippen LogP contribution in [0.4, 0.5) is 0 Å². The Kier molecular flexibility index (Phi) is 3.57. The van der Waals surface area contributed by atoms with Crippen LogP contribution in [0.15, 0.2) is 36.0 Å². The number of hydrogen-bond acceptors (Lipinski definition) is 4. The lowest BCUT2D eigenvalue weighted by Gasteiger charge is -2.05. The second-order valence-corrected chi connectivity index (χ2v) is 5.40. The molecule has 3 aromatic rings. The highest BCUT2D eigenvalue weighted by atomic mass is 32.1. The quantitative estimate of drug-likeness (QED) is 0.725. The van der Waals surface area contributed by atoms with Crippen molar-refractivity contribution in [1.82, 2.24) is 19.7 Å². The monoisotopic (exact) mass is 272 g/mol. The maximum absolute atomic E-state index is 4.55. The number of fused-ring (bicyclic) bond motifs is 1. The molecule has 0 saturated heterocycles. The van der Waals surface area contributed by atoms with Gasteiger partial charge in [0, 0.05) is 37.3 Å². The van der Waals surface area contributed by atoms with Gasteiger partial charge in [0.1, 0.15) is 5.65 Å². The summed E-state index contributed by atoms with van der Waals surface area (Å²) >= 11 is 1.71. The predicted molar refractivity (Wildman–Crippen MR) is 77.5 cm³/mol. The Morgan fingerprint density at radius 2 is 2.32 bits per heavy atom. The molecule has 0 aliphatic rings. The van der Waals surface area contributed by atoms with E-state index in [1.807, 2.05) is 29.8 Å². The van der Waals surface area contributed by atoms with Crippen LogP contribution in [0.1, 0.15) is 16.4 Å². The Labute approximate surface area is 116 Å². The van der Waals surface area contributed by atoms with Crippen molar-refractivity contribution in [2.45, 2.75) is 19.9 Å². The number of pyridine rings is 1. The van der Waals surface area contributed by atoms with Gasteiger partial charge in [-0.1, -0.05) is 6.07 Å².